The van der Waals surface area contributed by atoms with Crippen LogP contribution in [0.1, 0.15) is 37.9 Å². The second kappa shape index (κ2) is 8.62. The van der Waals surface area contributed by atoms with E-state index in [0.29, 0.717) is 24.1 Å². The third kappa shape index (κ3) is 5.20. The fourth-order valence-electron chi connectivity index (χ4n) is 2.97. The Morgan fingerprint density at radius 1 is 1.12 bits per heavy atom. The smallest absolute Gasteiger partial charge is 0.310 e. The van der Waals surface area contributed by atoms with Crippen molar-refractivity contribution in [3.63, 3.8) is 0 Å². The Labute approximate surface area is 197 Å². The number of rotatable bonds is 7. The van der Waals surface area contributed by atoms with E-state index in [9.17, 15) is 26.4 Å². The number of pyridine rings is 2. The number of carbonyl (C=O) groups is 1. The van der Waals surface area contributed by atoms with E-state index in [1.54, 1.807) is 19.2 Å². The Bertz CT molecular complexity index is 1320. The number of anilines is 2. The van der Waals surface area contributed by atoms with Gasteiger partial charge in [-0.25, -0.2) is 18.4 Å². The molecule has 1 fully saturated rings. The fourth-order valence-corrected chi connectivity index (χ4v) is 5.45. The van der Waals surface area contributed by atoms with E-state index in [1.165, 1.54) is 24.5 Å². The standard InChI is InChI=1S/C21H20F3N5O3S2/c1-20(2,16-11-33-19(27-16)29-34(31,32)15-4-5-15)18(30)28-17-6-3-12(9-26-17)13-7-14(10-25-8-13)21(22,23)24/h3,6-11,15H,4-5H2,1-2H3,(H,27,29)(H,26,28,30). The van der Waals surface area contributed by atoms with Gasteiger partial charge in [-0.15, -0.1) is 11.3 Å². The van der Waals surface area contributed by atoms with Crippen molar-refractivity contribution >= 4 is 38.2 Å². The molecule has 0 spiro atoms. The molecular formula is C21H20F3N5O3S2. The third-order valence-electron chi connectivity index (χ3n) is 5.31. The van der Waals surface area contributed by atoms with Crippen LogP contribution in [0.25, 0.3) is 11.1 Å². The molecule has 1 aliphatic rings. The number of amides is 1. The van der Waals surface area contributed by atoms with Gasteiger partial charge in [-0.1, -0.05) is 0 Å². The predicted octanol–water partition coefficient (Wildman–Crippen LogP) is 4.44. The number of alkyl halides is 3. The number of sulfonamides is 1. The molecule has 0 atom stereocenters. The number of nitrogens with one attached hydrogen (secondary N) is 2. The number of aromatic nitrogens is 3. The van der Waals surface area contributed by atoms with Crippen molar-refractivity contribution in [2.45, 2.75) is 43.5 Å². The number of hydrogen-bond acceptors (Lipinski definition) is 7. The molecule has 0 radical (unpaired) electrons. The van der Waals surface area contributed by atoms with Gasteiger partial charge in [0.05, 0.1) is 21.9 Å². The molecule has 0 aliphatic heterocycles. The average Bonchev–Trinajstić information content (AvgIpc) is 3.54. The van der Waals surface area contributed by atoms with E-state index in [1.807, 2.05) is 0 Å². The van der Waals surface area contributed by atoms with Crippen molar-refractivity contribution in [3.8, 4) is 11.1 Å². The van der Waals surface area contributed by atoms with Crippen molar-refractivity contribution in [1.82, 2.24) is 15.0 Å². The van der Waals surface area contributed by atoms with Crippen LogP contribution in [0.5, 0.6) is 0 Å². The lowest BCUT2D eigenvalue weighted by Gasteiger charge is -2.21. The zero-order chi connectivity index (χ0) is 24.7. The lowest BCUT2D eigenvalue weighted by atomic mass is 9.89. The van der Waals surface area contributed by atoms with Gasteiger partial charge < -0.3 is 5.32 Å². The summed E-state index contributed by atoms with van der Waals surface area (Å²) in [5.74, 6) is -0.234. The summed E-state index contributed by atoms with van der Waals surface area (Å²) in [4.78, 5) is 24.9. The molecule has 13 heteroatoms. The van der Waals surface area contributed by atoms with Crippen LogP contribution in [0, 0.1) is 0 Å². The summed E-state index contributed by atoms with van der Waals surface area (Å²) in [7, 11) is -3.46. The molecule has 3 aromatic rings. The van der Waals surface area contributed by atoms with Crippen LogP contribution in [-0.4, -0.2) is 34.5 Å². The molecule has 3 heterocycles. The zero-order valence-electron chi connectivity index (χ0n) is 18.0. The molecule has 3 aromatic heterocycles. The highest BCUT2D eigenvalue weighted by Crippen LogP contribution is 2.34. The van der Waals surface area contributed by atoms with Gasteiger partial charge in [0.15, 0.2) is 5.13 Å². The molecule has 0 saturated heterocycles. The van der Waals surface area contributed by atoms with E-state index in [4.69, 9.17) is 0 Å². The Morgan fingerprint density at radius 2 is 1.85 bits per heavy atom. The Hall–Kier alpha value is -3.06. The summed E-state index contributed by atoms with van der Waals surface area (Å²) in [5, 5.41) is 4.08. The number of halogens is 3. The second-order valence-corrected chi connectivity index (χ2v) is 11.2. The number of hydrogen-bond donors (Lipinski definition) is 2. The summed E-state index contributed by atoms with van der Waals surface area (Å²) in [5.41, 5.74) is -0.945. The zero-order valence-corrected chi connectivity index (χ0v) is 19.7. The summed E-state index contributed by atoms with van der Waals surface area (Å²) < 4.78 is 65.4. The minimum Gasteiger partial charge on any atom is -0.310 e. The quantitative estimate of drug-likeness (QED) is 0.485. The Morgan fingerprint density at radius 3 is 2.47 bits per heavy atom. The minimum atomic E-state index is -4.51. The lowest BCUT2D eigenvalue weighted by molar-refractivity contribution is -0.137. The lowest BCUT2D eigenvalue weighted by Crippen LogP contribution is -2.35. The largest absolute Gasteiger partial charge is 0.417 e. The molecule has 1 amide bonds. The van der Waals surface area contributed by atoms with Crippen molar-refractivity contribution in [2.75, 3.05) is 10.0 Å². The van der Waals surface area contributed by atoms with Crippen LogP contribution in [0.2, 0.25) is 0 Å². The van der Waals surface area contributed by atoms with E-state index in [-0.39, 0.29) is 16.5 Å². The van der Waals surface area contributed by atoms with Gasteiger partial charge in [-0.2, -0.15) is 13.2 Å². The van der Waals surface area contributed by atoms with E-state index in [0.717, 1.165) is 23.6 Å². The van der Waals surface area contributed by atoms with Gasteiger partial charge in [-0.05, 0) is 44.9 Å². The number of thiazole rings is 1. The van der Waals surface area contributed by atoms with Crippen molar-refractivity contribution < 1.29 is 26.4 Å². The minimum absolute atomic E-state index is 0.194. The SMILES string of the molecule is CC(C)(C(=O)Nc1ccc(-c2cncc(C(F)(F)F)c2)cn1)c1csc(NS(=O)(=O)C2CC2)n1. The molecule has 1 aliphatic carbocycles. The molecule has 4 rings (SSSR count). The first-order valence-corrected chi connectivity index (χ1v) is 12.6. The van der Waals surface area contributed by atoms with Gasteiger partial charge >= 0.3 is 6.18 Å². The van der Waals surface area contributed by atoms with Crippen LogP contribution in [0.3, 0.4) is 0 Å². The van der Waals surface area contributed by atoms with Gasteiger partial charge in [-0.3, -0.25) is 14.5 Å². The normalized spacial score (nSPS) is 14.6. The third-order valence-corrected chi connectivity index (χ3v) is 8.02. The topological polar surface area (TPSA) is 114 Å². The van der Waals surface area contributed by atoms with Crippen molar-refractivity contribution in [1.29, 1.82) is 0 Å². The van der Waals surface area contributed by atoms with Crippen LogP contribution in [0.4, 0.5) is 24.1 Å². The van der Waals surface area contributed by atoms with Gasteiger partial charge in [0.1, 0.15) is 5.82 Å². The van der Waals surface area contributed by atoms with Crippen molar-refractivity contribution in [2.24, 2.45) is 0 Å². The highest BCUT2D eigenvalue weighted by Gasteiger charge is 2.37. The summed E-state index contributed by atoms with van der Waals surface area (Å²) in [6.07, 6.45) is 0.116. The number of nitrogens with zero attached hydrogens (tertiary/aromatic N) is 3. The first-order chi connectivity index (χ1) is 15.9. The molecule has 0 bridgehead atoms. The summed E-state index contributed by atoms with van der Waals surface area (Å²) >= 11 is 1.09. The van der Waals surface area contributed by atoms with Crippen LogP contribution in [0.15, 0.2) is 42.2 Å². The molecule has 8 nitrogen and oxygen atoms in total. The monoisotopic (exact) mass is 511 g/mol. The maximum absolute atomic E-state index is 12.9. The number of carbonyl (C=O) groups excluding carboxylic acids is 1. The van der Waals surface area contributed by atoms with Gasteiger partial charge in [0.2, 0.25) is 15.9 Å². The molecule has 0 aromatic carbocycles. The fraction of sp³-hybridized carbons (Fsp3) is 0.333. The molecule has 34 heavy (non-hydrogen) atoms. The molecule has 1 saturated carbocycles. The molecule has 2 N–H and O–H groups in total. The predicted molar refractivity (Wildman–Crippen MR) is 122 cm³/mol. The Kier molecular flexibility index (Phi) is 6.10. The van der Waals surface area contributed by atoms with Crippen LogP contribution in [-0.2, 0) is 26.4 Å². The van der Waals surface area contributed by atoms with E-state index in [2.05, 4.69) is 25.0 Å². The first kappa shape index (κ1) is 24.1. The van der Waals surface area contributed by atoms with Crippen molar-refractivity contribution in [3.05, 3.63) is 53.4 Å². The maximum atomic E-state index is 12.9. The highest BCUT2D eigenvalue weighted by molar-refractivity contribution is 7.93. The summed E-state index contributed by atoms with van der Waals surface area (Å²) in [6, 6.07) is 3.98. The maximum Gasteiger partial charge on any atom is 0.417 e. The van der Waals surface area contributed by atoms with Crippen LogP contribution >= 0.6 is 11.3 Å². The van der Waals surface area contributed by atoms with E-state index >= 15 is 0 Å². The first-order valence-electron chi connectivity index (χ1n) is 10.1. The summed E-state index contributed by atoms with van der Waals surface area (Å²) in [6.45, 7) is 3.28. The molecule has 180 valence electrons. The van der Waals surface area contributed by atoms with Gasteiger partial charge in [0, 0.05) is 35.1 Å². The van der Waals surface area contributed by atoms with E-state index < -0.39 is 38.3 Å². The second-order valence-electron chi connectivity index (χ2n) is 8.36. The Balaban J connectivity index is 1.45. The highest BCUT2D eigenvalue weighted by atomic mass is 32.2. The molecule has 0 unspecified atom stereocenters. The van der Waals surface area contributed by atoms with Gasteiger partial charge in [0.25, 0.3) is 0 Å². The van der Waals surface area contributed by atoms with Crippen LogP contribution < -0.4 is 10.0 Å². The molecular weight excluding hydrogens is 491 g/mol. The average molecular weight is 512 g/mol.